The fraction of sp³-hybridized carbons (Fsp3) is 0.333. The molecule has 1 N–H and O–H groups in total. The topological polar surface area (TPSA) is 54.2 Å². The lowest BCUT2D eigenvalue weighted by Gasteiger charge is -2.22. The summed E-state index contributed by atoms with van der Waals surface area (Å²) in [4.78, 5) is 6.34. The molecule has 0 aliphatic carbocycles. The zero-order chi connectivity index (χ0) is 11.5. The Kier molecular flexibility index (Phi) is 2.65. The third-order valence-corrected chi connectivity index (χ3v) is 2.90. The highest BCUT2D eigenvalue weighted by atomic mass is 16.5. The number of aromatic nitrogens is 2. The maximum absolute atomic E-state index is 5.07. The van der Waals surface area contributed by atoms with Gasteiger partial charge in [-0.25, -0.2) is 0 Å². The van der Waals surface area contributed by atoms with E-state index >= 15 is 0 Å². The number of nitrogens with one attached hydrogen (secondary N) is 1. The van der Waals surface area contributed by atoms with Crippen molar-refractivity contribution in [3.63, 3.8) is 0 Å². The molecule has 3 rings (SSSR count). The molecule has 0 radical (unpaired) electrons. The first kappa shape index (κ1) is 10.1. The van der Waals surface area contributed by atoms with E-state index in [1.807, 2.05) is 12.1 Å². The van der Waals surface area contributed by atoms with Gasteiger partial charge in [-0.3, -0.25) is 0 Å². The summed E-state index contributed by atoms with van der Waals surface area (Å²) >= 11 is 0. The van der Waals surface area contributed by atoms with Gasteiger partial charge in [0.05, 0.1) is 17.9 Å². The molecular formula is C12H14N4O. The predicted octanol–water partition coefficient (Wildman–Crippen LogP) is 1.89. The Morgan fingerprint density at radius 2 is 2.29 bits per heavy atom. The number of para-hydroxylation sites is 2. The molecule has 0 bridgehead atoms. The van der Waals surface area contributed by atoms with Crippen LogP contribution in [0.1, 0.15) is 12.3 Å². The Balaban J connectivity index is 1.89. The van der Waals surface area contributed by atoms with Gasteiger partial charge in [0.15, 0.2) is 6.33 Å². The normalized spacial score (nSPS) is 14.9. The number of benzene rings is 1. The first-order valence-corrected chi connectivity index (χ1v) is 5.77. The van der Waals surface area contributed by atoms with Crippen LogP contribution < -0.4 is 10.2 Å². The smallest absolute Gasteiger partial charge is 0.245 e. The van der Waals surface area contributed by atoms with Gasteiger partial charge in [-0.2, -0.15) is 4.98 Å². The molecule has 17 heavy (non-hydrogen) atoms. The molecule has 0 fully saturated rings. The summed E-state index contributed by atoms with van der Waals surface area (Å²) in [5.74, 6) is 0.654. The summed E-state index contributed by atoms with van der Waals surface area (Å²) in [6.45, 7) is 2.66. The summed E-state index contributed by atoms with van der Waals surface area (Å²) in [5, 5.41) is 7.07. The van der Waals surface area contributed by atoms with Crippen LogP contribution in [-0.4, -0.2) is 23.2 Å². The molecule has 1 aromatic heterocycles. The van der Waals surface area contributed by atoms with Gasteiger partial charge in [0.2, 0.25) is 5.89 Å². The van der Waals surface area contributed by atoms with Crippen LogP contribution in [0.3, 0.4) is 0 Å². The van der Waals surface area contributed by atoms with Crippen molar-refractivity contribution in [2.24, 2.45) is 0 Å². The van der Waals surface area contributed by atoms with Crippen molar-refractivity contribution >= 4 is 11.4 Å². The average molecular weight is 230 g/mol. The highest BCUT2D eigenvalue weighted by Gasteiger charge is 2.16. The van der Waals surface area contributed by atoms with Crippen LogP contribution in [0, 0.1) is 0 Å². The predicted molar refractivity (Wildman–Crippen MR) is 64.9 cm³/mol. The SMILES string of the molecule is c1ccc2c(c1)NCCCN2Cc1ncno1. The van der Waals surface area contributed by atoms with Crippen molar-refractivity contribution < 1.29 is 4.52 Å². The number of anilines is 2. The standard InChI is InChI=1S/C12H14N4O/c1-2-5-11-10(4-1)13-6-3-7-16(11)8-12-14-9-15-17-12/h1-2,4-5,9,13H,3,6-8H2. The van der Waals surface area contributed by atoms with E-state index in [2.05, 4.69) is 32.5 Å². The molecule has 1 aliphatic heterocycles. The van der Waals surface area contributed by atoms with Gasteiger partial charge in [-0.1, -0.05) is 17.3 Å². The molecule has 88 valence electrons. The molecule has 2 aromatic rings. The van der Waals surface area contributed by atoms with E-state index in [-0.39, 0.29) is 0 Å². The highest BCUT2D eigenvalue weighted by Crippen LogP contribution is 2.28. The van der Waals surface area contributed by atoms with Gasteiger partial charge in [0.25, 0.3) is 0 Å². The lowest BCUT2D eigenvalue weighted by Crippen LogP contribution is -2.23. The van der Waals surface area contributed by atoms with Crippen LogP contribution in [0.15, 0.2) is 35.1 Å². The molecule has 1 aromatic carbocycles. The Labute approximate surface area is 99.4 Å². The monoisotopic (exact) mass is 230 g/mol. The van der Waals surface area contributed by atoms with Crippen LogP contribution in [0.4, 0.5) is 11.4 Å². The number of rotatable bonds is 2. The van der Waals surface area contributed by atoms with E-state index in [0.717, 1.165) is 19.5 Å². The second-order valence-corrected chi connectivity index (χ2v) is 4.05. The molecule has 2 heterocycles. The lowest BCUT2D eigenvalue weighted by atomic mass is 10.2. The Morgan fingerprint density at radius 3 is 3.18 bits per heavy atom. The third-order valence-electron chi connectivity index (χ3n) is 2.90. The molecule has 0 saturated carbocycles. The summed E-state index contributed by atoms with van der Waals surface area (Å²) < 4.78 is 5.07. The van der Waals surface area contributed by atoms with Crippen LogP contribution in [-0.2, 0) is 6.54 Å². The van der Waals surface area contributed by atoms with E-state index in [0.29, 0.717) is 12.4 Å². The first-order chi connectivity index (χ1) is 8.43. The Morgan fingerprint density at radius 1 is 1.35 bits per heavy atom. The molecule has 0 atom stereocenters. The van der Waals surface area contributed by atoms with Crippen LogP contribution >= 0.6 is 0 Å². The number of hydrogen-bond acceptors (Lipinski definition) is 5. The number of hydrogen-bond donors (Lipinski definition) is 1. The third kappa shape index (κ3) is 2.08. The molecule has 0 spiro atoms. The lowest BCUT2D eigenvalue weighted by molar-refractivity contribution is 0.375. The number of nitrogens with zero attached hydrogens (tertiary/aromatic N) is 3. The highest BCUT2D eigenvalue weighted by molar-refractivity contribution is 5.70. The fourth-order valence-electron chi connectivity index (χ4n) is 2.11. The fourth-order valence-corrected chi connectivity index (χ4v) is 2.11. The molecule has 0 saturated heterocycles. The number of fused-ring (bicyclic) bond motifs is 1. The molecular weight excluding hydrogens is 216 g/mol. The first-order valence-electron chi connectivity index (χ1n) is 5.77. The maximum atomic E-state index is 5.07. The molecule has 1 aliphatic rings. The second-order valence-electron chi connectivity index (χ2n) is 4.05. The minimum atomic E-state index is 0.654. The van der Waals surface area contributed by atoms with Crippen molar-refractivity contribution in [2.45, 2.75) is 13.0 Å². The zero-order valence-electron chi connectivity index (χ0n) is 9.47. The summed E-state index contributed by atoms with van der Waals surface area (Å²) in [7, 11) is 0. The van der Waals surface area contributed by atoms with E-state index in [1.54, 1.807) is 0 Å². The summed E-state index contributed by atoms with van der Waals surface area (Å²) in [6, 6.07) is 8.31. The van der Waals surface area contributed by atoms with Crippen molar-refractivity contribution in [3.05, 3.63) is 36.5 Å². The van der Waals surface area contributed by atoms with E-state index in [1.165, 1.54) is 17.7 Å². The van der Waals surface area contributed by atoms with E-state index in [4.69, 9.17) is 4.52 Å². The van der Waals surface area contributed by atoms with E-state index < -0.39 is 0 Å². The Bertz CT molecular complexity index is 483. The van der Waals surface area contributed by atoms with Crippen molar-refractivity contribution in [2.75, 3.05) is 23.3 Å². The van der Waals surface area contributed by atoms with Gasteiger partial charge >= 0.3 is 0 Å². The van der Waals surface area contributed by atoms with Gasteiger partial charge in [-0.15, -0.1) is 0 Å². The minimum Gasteiger partial charge on any atom is -0.383 e. The quantitative estimate of drug-likeness (QED) is 0.853. The van der Waals surface area contributed by atoms with Crippen LogP contribution in [0.25, 0.3) is 0 Å². The van der Waals surface area contributed by atoms with Crippen LogP contribution in [0.5, 0.6) is 0 Å². The van der Waals surface area contributed by atoms with Gasteiger partial charge in [-0.05, 0) is 18.6 Å². The van der Waals surface area contributed by atoms with Gasteiger partial charge in [0.1, 0.15) is 0 Å². The van der Waals surface area contributed by atoms with Crippen LogP contribution in [0.2, 0.25) is 0 Å². The largest absolute Gasteiger partial charge is 0.383 e. The average Bonchev–Trinajstić information content (AvgIpc) is 2.78. The zero-order valence-corrected chi connectivity index (χ0v) is 9.47. The molecule has 0 amide bonds. The molecule has 0 unspecified atom stereocenters. The maximum Gasteiger partial charge on any atom is 0.245 e. The molecule has 5 nitrogen and oxygen atoms in total. The molecule has 5 heteroatoms. The van der Waals surface area contributed by atoms with Crippen molar-refractivity contribution in [1.29, 1.82) is 0 Å². The summed E-state index contributed by atoms with van der Waals surface area (Å²) in [5.41, 5.74) is 2.37. The van der Waals surface area contributed by atoms with Gasteiger partial charge in [0, 0.05) is 13.1 Å². The van der Waals surface area contributed by atoms with Crippen molar-refractivity contribution in [3.8, 4) is 0 Å². The van der Waals surface area contributed by atoms with E-state index in [9.17, 15) is 0 Å². The second kappa shape index (κ2) is 4.45. The van der Waals surface area contributed by atoms with Gasteiger partial charge < -0.3 is 14.7 Å². The Hall–Kier alpha value is -2.04. The minimum absolute atomic E-state index is 0.654. The summed E-state index contributed by atoms with van der Waals surface area (Å²) in [6.07, 6.45) is 2.54. The van der Waals surface area contributed by atoms with Crippen molar-refractivity contribution in [1.82, 2.24) is 10.1 Å².